The molecule has 0 aliphatic heterocycles. The Morgan fingerprint density at radius 1 is 1.25 bits per heavy atom. The van der Waals surface area contributed by atoms with Crippen molar-refractivity contribution in [2.75, 3.05) is 0 Å². The fourth-order valence-corrected chi connectivity index (χ4v) is 2.14. The smallest absolute Gasteiger partial charge is 0.155 e. The van der Waals surface area contributed by atoms with E-state index in [2.05, 4.69) is 25.3 Å². The molecule has 0 spiro atoms. The Labute approximate surface area is 116 Å². The summed E-state index contributed by atoms with van der Waals surface area (Å²) in [7, 11) is 0. The Morgan fingerprint density at radius 2 is 2.20 bits per heavy atom. The van der Waals surface area contributed by atoms with Gasteiger partial charge in [0.1, 0.15) is 12.2 Å². The van der Waals surface area contributed by atoms with Crippen molar-refractivity contribution >= 4 is 0 Å². The van der Waals surface area contributed by atoms with Gasteiger partial charge in [-0.2, -0.15) is 14.9 Å². The number of nitrogens with one attached hydrogen (secondary N) is 1. The van der Waals surface area contributed by atoms with E-state index in [9.17, 15) is 0 Å². The van der Waals surface area contributed by atoms with Crippen LogP contribution in [0.2, 0.25) is 0 Å². The molecule has 0 atom stereocenters. The van der Waals surface area contributed by atoms with Crippen LogP contribution in [0.5, 0.6) is 0 Å². The molecule has 0 aliphatic carbocycles. The average Bonchev–Trinajstić information content (AvgIpc) is 3.10. The number of nitrogens with zero attached hydrogens (tertiary/aromatic N) is 5. The summed E-state index contributed by atoms with van der Waals surface area (Å²) in [4.78, 5) is 8.81. The number of H-pyrrole nitrogens is 1. The van der Waals surface area contributed by atoms with Gasteiger partial charge in [0.25, 0.3) is 0 Å². The van der Waals surface area contributed by atoms with Gasteiger partial charge in [-0.25, -0.2) is 9.97 Å². The van der Waals surface area contributed by atoms with Gasteiger partial charge in [-0.05, 0) is 37.5 Å². The molecule has 102 valence electrons. The molecule has 6 heteroatoms. The highest BCUT2D eigenvalue weighted by Crippen LogP contribution is 2.10. The largest absolute Gasteiger partial charge is 0.285 e. The van der Waals surface area contributed by atoms with Crippen molar-refractivity contribution in [1.29, 1.82) is 0 Å². The molecule has 0 saturated carbocycles. The third kappa shape index (κ3) is 2.74. The van der Waals surface area contributed by atoms with E-state index in [1.54, 1.807) is 6.33 Å². The van der Waals surface area contributed by atoms with Crippen LogP contribution in [0.25, 0.3) is 5.82 Å². The third-order valence-corrected chi connectivity index (χ3v) is 3.13. The summed E-state index contributed by atoms with van der Waals surface area (Å²) in [6, 6.07) is 5.90. The molecular formula is C14H16N6. The van der Waals surface area contributed by atoms with Gasteiger partial charge < -0.3 is 0 Å². The van der Waals surface area contributed by atoms with E-state index < -0.39 is 0 Å². The highest BCUT2D eigenvalue weighted by atomic mass is 15.4. The first-order valence-corrected chi connectivity index (χ1v) is 6.63. The molecule has 0 radical (unpaired) electrons. The zero-order chi connectivity index (χ0) is 13.8. The van der Waals surface area contributed by atoms with E-state index in [-0.39, 0.29) is 0 Å². The van der Waals surface area contributed by atoms with Gasteiger partial charge in [-0.15, -0.1) is 0 Å². The maximum absolute atomic E-state index is 4.48. The molecule has 0 aliphatic rings. The SMILES string of the molecule is Cc1cccc(-n2ncnc2CCCc2cn[nH]c2)n1. The van der Waals surface area contributed by atoms with Crippen molar-refractivity contribution in [3.05, 3.63) is 54.0 Å². The van der Waals surface area contributed by atoms with Gasteiger partial charge >= 0.3 is 0 Å². The number of aryl methyl sites for hydroxylation is 3. The Hall–Kier alpha value is -2.50. The first kappa shape index (κ1) is 12.5. The summed E-state index contributed by atoms with van der Waals surface area (Å²) in [5, 5.41) is 11.0. The molecule has 6 nitrogen and oxygen atoms in total. The van der Waals surface area contributed by atoms with E-state index in [4.69, 9.17) is 0 Å². The lowest BCUT2D eigenvalue weighted by Crippen LogP contribution is -2.06. The summed E-state index contributed by atoms with van der Waals surface area (Å²) in [5.41, 5.74) is 2.19. The highest BCUT2D eigenvalue weighted by molar-refractivity contribution is 5.24. The third-order valence-electron chi connectivity index (χ3n) is 3.13. The minimum Gasteiger partial charge on any atom is -0.285 e. The lowest BCUT2D eigenvalue weighted by atomic mass is 10.1. The van der Waals surface area contributed by atoms with Crippen LogP contribution in [0.15, 0.2) is 36.9 Å². The monoisotopic (exact) mass is 268 g/mol. The number of aromatic nitrogens is 6. The zero-order valence-electron chi connectivity index (χ0n) is 11.3. The molecule has 3 aromatic rings. The molecule has 20 heavy (non-hydrogen) atoms. The lowest BCUT2D eigenvalue weighted by molar-refractivity contribution is 0.714. The Bertz CT molecular complexity index is 671. The van der Waals surface area contributed by atoms with Crippen molar-refractivity contribution in [2.45, 2.75) is 26.2 Å². The van der Waals surface area contributed by atoms with Crippen molar-refractivity contribution in [3.8, 4) is 5.82 Å². The van der Waals surface area contributed by atoms with Gasteiger partial charge in [0.05, 0.1) is 6.20 Å². The van der Waals surface area contributed by atoms with Crippen LogP contribution in [0, 0.1) is 6.92 Å². The molecule has 1 N–H and O–H groups in total. The number of pyridine rings is 1. The fourth-order valence-electron chi connectivity index (χ4n) is 2.14. The van der Waals surface area contributed by atoms with Gasteiger partial charge in [0, 0.05) is 18.3 Å². The predicted octanol–water partition coefficient (Wildman–Crippen LogP) is 1.87. The topological polar surface area (TPSA) is 72.3 Å². The Kier molecular flexibility index (Phi) is 3.54. The molecule has 3 aromatic heterocycles. The van der Waals surface area contributed by atoms with Gasteiger partial charge in [0.2, 0.25) is 0 Å². The number of hydrogen-bond donors (Lipinski definition) is 1. The lowest BCUT2D eigenvalue weighted by Gasteiger charge is -2.05. The zero-order valence-corrected chi connectivity index (χ0v) is 11.3. The first-order chi connectivity index (χ1) is 9.83. The predicted molar refractivity (Wildman–Crippen MR) is 74.5 cm³/mol. The highest BCUT2D eigenvalue weighted by Gasteiger charge is 2.08. The normalized spacial score (nSPS) is 10.8. The second kappa shape index (κ2) is 5.64. The van der Waals surface area contributed by atoms with Crippen LogP contribution in [-0.4, -0.2) is 29.9 Å². The van der Waals surface area contributed by atoms with Crippen LogP contribution in [0.1, 0.15) is 23.5 Å². The number of aromatic amines is 1. The van der Waals surface area contributed by atoms with Crippen molar-refractivity contribution in [1.82, 2.24) is 29.9 Å². The van der Waals surface area contributed by atoms with Gasteiger partial charge in [0.15, 0.2) is 5.82 Å². The summed E-state index contributed by atoms with van der Waals surface area (Å²) in [6.07, 6.45) is 8.20. The standard InChI is InChI=1S/C14H16N6/c1-11-4-2-7-14(19-11)20-13(15-10-18-20)6-3-5-12-8-16-17-9-12/h2,4,7-10H,3,5-6H2,1H3,(H,16,17). The first-order valence-electron chi connectivity index (χ1n) is 6.63. The molecule has 0 unspecified atom stereocenters. The molecule has 0 bridgehead atoms. The van der Waals surface area contributed by atoms with E-state index in [1.165, 1.54) is 5.56 Å². The van der Waals surface area contributed by atoms with Crippen molar-refractivity contribution in [2.24, 2.45) is 0 Å². The van der Waals surface area contributed by atoms with Crippen LogP contribution in [0.4, 0.5) is 0 Å². The van der Waals surface area contributed by atoms with Crippen LogP contribution >= 0.6 is 0 Å². The number of hydrogen-bond acceptors (Lipinski definition) is 4. The summed E-state index contributed by atoms with van der Waals surface area (Å²) in [6.45, 7) is 1.97. The maximum Gasteiger partial charge on any atom is 0.155 e. The van der Waals surface area contributed by atoms with E-state index in [0.717, 1.165) is 36.6 Å². The second-order valence-corrected chi connectivity index (χ2v) is 4.69. The molecule has 0 saturated heterocycles. The molecule has 3 heterocycles. The molecule has 0 fully saturated rings. The molecule has 0 amide bonds. The second-order valence-electron chi connectivity index (χ2n) is 4.69. The Morgan fingerprint density at radius 3 is 3.00 bits per heavy atom. The van der Waals surface area contributed by atoms with Crippen LogP contribution in [0.3, 0.4) is 0 Å². The number of rotatable bonds is 5. The summed E-state index contributed by atoms with van der Waals surface area (Å²) in [5.74, 6) is 1.76. The minimum absolute atomic E-state index is 0.820. The fraction of sp³-hybridized carbons (Fsp3) is 0.286. The molecule has 3 rings (SSSR count). The van der Waals surface area contributed by atoms with E-state index in [0.29, 0.717) is 0 Å². The van der Waals surface area contributed by atoms with Crippen LogP contribution < -0.4 is 0 Å². The van der Waals surface area contributed by atoms with Crippen molar-refractivity contribution < 1.29 is 0 Å². The minimum atomic E-state index is 0.820. The quantitative estimate of drug-likeness (QED) is 0.766. The summed E-state index contributed by atoms with van der Waals surface area (Å²) < 4.78 is 1.81. The van der Waals surface area contributed by atoms with Crippen LogP contribution in [-0.2, 0) is 12.8 Å². The van der Waals surface area contributed by atoms with Gasteiger partial charge in [-0.3, -0.25) is 5.10 Å². The van der Waals surface area contributed by atoms with Gasteiger partial charge in [-0.1, -0.05) is 6.07 Å². The van der Waals surface area contributed by atoms with E-state index in [1.807, 2.05) is 42.2 Å². The molecule has 0 aromatic carbocycles. The average molecular weight is 268 g/mol. The maximum atomic E-state index is 4.48. The Balaban J connectivity index is 1.70. The van der Waals surface area contributed by atoms with E-state index >= 15 is 0 Å². The molecular weight excluding hydrogens is 252 g/mol. The summed E-state index contributed by atoms with van der Waals surface area (Å²) >= 11 is 0. The van der Waals surface area contributed by atoms with Crippen molar-refractivity contribution in [3.63, 3.8) is 0 Å².